The number of Topliss-reactive ketones (excluding diaryl/α,β-unsaturated/α-hetero) is 1. The average molecular weight is 407 g/mol. The number of benzene rings is 2. The van der Waals surface area contributed by atoms with E-state index in [4.69, 9.17) is 0 Å². The number of hydrogen-bond acceptors (Lipinski definition) is 6. The number of aliphatic hydroxyl groups excluding tert-OH is 1. The second-order valence-electron chi connectivity index (χ2n) is 6.62. The molecule has 0 saturated carbocycles. The van der Waals surface area contributed by atoms with Gasteiger partial charge in [-0.15, -0.1) is 11.3 Å². The van der Waals surface area contributed by atoms with E-state index in [1.54, 1.807) is 30.3 Å². The topological polar surface area (TPSA) is 98.1 Å². The summed E-state index contributed by atoms with van der Waals surface area (Å²) in [6.07, 6.45) is 0. The van der Waals surface area contributed by atoms with Crippen LogP contribution in [0.25, 0.3) is 5.76 Å². The number of aliphatic hydroxyl groups is 1. The van der Waals surface area contributed by atoms with Crippen LogP contribution >= 0.6 is 11.3 Å². The molecule has 0 spiro atoms. The minimum Gasteiger partial charge on any atom is -0.507 e. The SMILES string of the molecule is O=C1C(=O)N(Cc2cccs2)C(c2ccc(O)c(O)c2)/C1=C(\O)c1ccccc1. The molecule has 3 N–H and O–H groups in total. The van der Waals surface area contributed by atoms with Crippen LogP contribution in [-0.4, -0.2) is 31.9 Å². The zero-order chi connectivity index (χ0) is 20.5. The Bertz CT molecular complexity index is 1110. The number of amides is 1. The molecule has 0 bridgehead atoms. The van der Waals surface area contributed by atoms with Crippen molar-refractivity contribution in [1.29, 1.82) is 0 Å². The highest BCUT2D eigenvalue weighted by Crippen LogP contribution is 2.42. The summed E-state index contributed by atoms with van der Waals surface area (Å²) in [5.74, 6) is -2.49. The van der Waals surface area contributed by atoms with Crippen molar-refractivity contribution >= 4 is 28.8 Å². The van der Waals surface area contributed by atoms with Crippen LogP contribution in [0.4, 0.5) is 0 Å². The highest BCUT2D eigenvalue weighted by Gasteiger charge is 2.46. The first-order valence-electron chi connectivity index (χ1n) is 8.85. The number of phenolic OH excluding ortho intramolecular Hbond substituents is 2. The highest BCUT2D eigenvalue weighted by atomic mass is 32.1. The lowest BCUT2D eigenvalue weighted by molar-refractivity contribution is -0.140. The van der Waals surface area contributed by atoms with E-state index >= 15 is 0 Å². The quantitative estimate of drug-likeness (QED) is 0.265. The molecule has 29 heavy (non-hydrogen) atoms. The van der Waals surface area contributed by atoms with E-state index in [0.717, 1.165) is 4.88 Å². The van der Waals surface area contributed by atoms with E-state index in [1.165, 1.54) is 34.4 Å². The summed E-state index contributed by atoms with van der Waals surface area (Å²) >= 11 is 1.45. The first-order chi connectivity index (χ1) is 14.0. The van der Waals surface area contributed by atoms with E-state index in [2.05, 4.69) is 0 Å². The molecular formula is C22H17NO5S. The second kappa shape index (κ2) is 7.44. The summed E-state index contributed by atoms with van der Waals surface area (Å²) < 4.78 is 0. The summed E-state index contributed by atoms with van der Waals surface area (Å²) in [5, 5.41) is 32.4. The van der Waals surface area contributed by atoms with Gasteiger partial charge in [0.1, 0.15) is 5.76 Å². The lowest BCUT2D eigenvalue weighted by atomic mass is 9.95. The molecule has 146 valence electrons. The Morgan fingerprint density at radius 2 is 1.72 bits per heavy atom. The van der Waals surface area contributed by atoms with Crippen molar-refractivity contribution in [3.63, 3.8) is 0 Å². The fraction of sp³-hybridized carbons (Fsp3) is 0.0909. The molecule has 1 aromatic heterocycles. The predicted molar refractivity (Wildman–Crippen MR) is 108 cm³/mol. The van der Waals surface area contributed by atoms with Gasteiger partial charge in [-0.05, 0) is 29.1 Å². The third kappa shape index (κ3) is 3.36. The van der Waals surface area contributed by atoms with Gasteiger partial charge in [0.2, 0.25) is 0 Å². The van der Waals surface area contributed by atoms with Crippen LogP contribution in [0.2, 0.25) is 0 Å². The van der Waals surface area contributed by atoms with Crippen molar-refractivity contribution in [2.75, 3.05) is 0 Å². The van der Waals surface area contributed by atoms with Crippen LogP contribution in [0.15, 0.2) is 71.6 Å². The number of nitrogens with zero attached hydrogens (tertiary/aromatic N) is 1. The van der Waals surface area contributed by atoms with Crippen molar-refractivity contribution < 1.29 is 24.9 Å². The van der Waals surface area contributed by atoms with Crippen molar-refractivity contribution in [3.8, 4) is 11.5 Å². The van der Waals surface area contributed by atoms with Gasteiger partial charge in [-0.2, -0.15) is 0 Å². The maximum absolute atomic E-state index is 12.9. The van der Waals surface area contributed by atoms with Crippen LogP contribution < -0.4 is 0 Å². The standard InChI is InChI=1S/C22H17NO5S/c24-16-9-8-14(11-17(16)25)19-18(20(26)13-5-2-1-3-6-13)21(27)22(28)23(19)12-15-7-4-10-29-15/h1-11,19,24-26H,12H2/b20-18+. The lowest BCUT2D eigenvalue weighted by Crippen LogP contribution is -2.28. The number of phenols is 2. The zero-order valence-corrected chi connectivity index (χ0v) is 16.0. The van der Waals surface area contributed by atoms with Crippen LogP contribution in [0, 0.1) is 0 Å². The molecule has 2 heterocycles. The smallest absolute Gasteiger partial charge is 0.295 e. The normalized spacial score (nSPS) is 18.3. The number of ketones is 1. The number of aromatic hydroxyl groups is 2. The summed E-state index contributed by atoms with van der Waals surface area (Å²) in [6, 6.07) is 15.4. The molecule has 0 radical (unpaired) electrons. The number of rotatable bonds is 4. The van der Waals surface area contributed by atoms with Gasteiger partial charge in [0.15, 0.2) is 11.5 Å². The maximum Gasteiger partial charge on any atom is 0.295 e. The Kier molecular flexibility index (Phi) is 4.82. The second-order valence-corrected chi connectivity index (χ2v) is 7.65. The first kappa shape index (κ1) is 18.8. The van der Waals surface area contributed by atoms with Gasteiger partial charge >= 0.3 is 0 Å². The van der Waals surface area contributed by atoms with Crippen molar-refractivity contribution in [2.24, 2.45) is 0 Å². The Balaban J connectivity index is 1.89. The molecule has 6 nitrogen and oxygen atoms in total. The van der Waals surface area contributed by atoms with Crippen molar-refractivity contribution in [3.05, 3.63) is 87.6 Å². The molecule has 1 aliphatic rings. The van der Waals surface area contributed by atoms with Crippen LogP contribution in [-0.2, 0) is 16.1 Å². The third-order valence-corrected chi connectivity index (χ3v) is 5.67. The Labute approximate surface area is 170 Å². The van der Waals surface area contributed by atoms with E-state index in [1.807, 2.05) is 17.5 Å². The molecule has 7 heteroatoms. The summed E-state index contributed by atoms with van der Waals surface area (Å²) in [6.45, 7) is 0.181. The number of likely N-dealkylation sites (tertiary alicyclic amines) is 1. The van der Waals surface area contributed by atoms with Gasteiger partial charge in [-0.1, -0.05) is 42.5 Å². The number of carbonyl (C=O) groups excluding carboxylic acids is 2. The van der Waals surface area contributed by atoms with Crippen LogP contribution in [0.5, 0.6) is 11.5 Å². The number of hydrogen-bond donors (Lipinski definition) is 3. The van der Waals surface area contributed by atoms with E-state index in [0.29, 0.717) is 11.1 Å². The fourth-order valence-corrected chi connectivity index (χ4v) is 4.12. The first-order valence-corrected chi connectivity index (χ1v) is 9.73. The molecule has 1 atom stereocenters. The predicted octanol–water partition coefficient (Wildman–Crippen LogP) is 3.78. The van der Waals surface area contributed by atoms with Crippen LogP contribution in [0.1, 0.15) is 22.0 Å². The number of carbonyl (C=O) groups is 2. The Morgan fingerprint density at radius 1 is 0.966 bits per heavy atom. The number of thiophene rings is 1. The minimum atomic E-state index is -0.899. The van der Waals surface area contributed by atoms with Gasteiger partial charge in [-0.25, -0.2) is 0 Å². The molecule has 3 aromatic rings. The van der Waals surface area contributed by atoms with Gasteiger partial charge in [-0.3, -0.25) is 9.59 Å². The molecule has 1 unspecified atom stereocenters. The Hall–Kier alpha value is -3.58. The van der Waals surface area contributed by atoms with Gasteiger partial charge < -0.3 is 20.2 Å². The average Bonchev–Trinajstić information content (AvgIpc) is 3.33. The Morgan fingerprint density at radius 3 is 2.38 bits per heavy atom. The maximum atomic E-state index is 12.9. The molecule has 4 rings (SSSR count). The van der Waals surface area contributed by atoms with Crippen molar-refractivity contribution in [1.82, 2.24) is 4.90 Å². The highest BCUT2D eigenvalue weighted by molar-refractivity contribution is 7.09. The van der Waals surface area contributed by atoms with Crippen LogP contribution in [0.3, 0.4) is 0 Å². The largest absolute Gasteiger partial charge is 0.507 e. The van der Waals surface area contributed by atoms with Crippen molar-refractivity contribution in [2.45, 2.75) is 12.6 Å². The molecular weight excluding hydrogens is 390 g/mol. The molecule has 1 aliphatic heterocycles. The molecule has 0 aliphatic carbocycles. The van der Waals surface area contributed by atoms with E-state index in [-0.39, 0.29) is 29.4 Å². The monoisotopic (exact) mass is 407 g/mol. The summed E-state index contributed by atoms with van der Waals surface area (Å²) in [7, 11) is 0. The third-order valence-electron chi connectivity index (χ3n) is 4.81. The zero-order valence-electron chi connectivity index (χ0n) is 15.1. The minimum absolute atomic E-state index is 0.0529. The van der Waals surface area contributed by atoms with E-state index < -0.39 is 17.7 Å². The van der Waals surface area contributed by atoms with E-state index in [9.17, 15) is 24.9 Å². The van der Waals surface area contributed by atoms with Gasteiger partial charge in [0.25, 0.3) is 11.7 Å². The van der Waals surface area contributed by atoms with Gasteiger partial charge in [0.05, 0.1) is 18.2 Å². The molecule has 2 aromatic carbocycles. The van der Waals surface area contributed by atoms with Gasteiger partial charge in [0, 0.05) is 10.4 Å². The molecule has 1 amide bonds. The summed E-state index contributed by atoms with van der Waals surface area (Å²) in [4.78, 5) is 28.0. The molecule has 1 saturated heterocycles. The lowest BCUT2D eigenvalue weighted by Gasteiger charge is -2.25. The fourth-order valence-electron chi connectivity index (χ4n) is 3.42. The molecule has 1 fully saturated rings. The summed E-state index contributed by atoms with van der Waals surface area (Å²) in [5.41, 5.74) is 0.769.